The standard InChI is InChI=1S/C27H21N3O6S2/c1-35-20-9-7-15(22-24(26(33)34)28-23-16-4-2-3-5-19(16)37-25(22)23)12-27(20,36-13-21(31)32)11-14-6-8-17-18(10-14)30-38-29-17/h2-10,12,20,23H,11,13H2,1H3,(H,31,32)(H,33,34). The normalized spacial score (nSPS) is 23.8. The number of methoxy groups -OCH3 is 1. The van der Waals surface area contributed by atoms with Crippen LogP contribution in [0, 0.1) is 0 Å². The number of nitrogens with zero attached hydrogens (tertiary/aromatic N) is 3. The molecular weight excluding hydrogens is 526 g/mol. The molecule has 3 aliphatic rings. The number of hydrogen-bond acceptors (Lipinski definition) is 9. The van der Waals surface area contributed by atoms with Crippen LogP contribution in [0.1, 0.15) is 17.2 Å². The quantitative estimate of drug-likeness (QED) is 0.425. The van der Waals surface area contributed by atoms with Gasteiger partial charge in [-0.2, -0.15) is 8.75 Å². The van der Waals surface area contributed by atoms with Crippen molar-refractivity contribution < 1.29 is 29.3 Å². The first-order valence-electron chi connectivity index (χ1n) is 11.7. The first-order chi connectivity index (χ1) is 18.4. The zero-order valence-corrected chi connectivity index (χ0v) is 21.7. The smallest absolute Gasteiger partial charge is 0.354 e. The molecule has 0 saturated heterocycles. The molecule has 0 radical (unpaired) electrons. The summed E-state index contributed by atoms with van der Waals surface area (Å²) in [4.78, 5) is 30.4. The van der Waals surface area contributed by atoms with Gasteiger partial charge in [0.25, 0.3) is 0 Å². The highest BCUT2D eigenvalue weighted by Gasteiger charge is 2.44. The summed E-state index contributed by atoms with van der Waals surface area (Å²) in [5.41, 5.74) is 3.16. The molecule has 0 spiro atoms. The lowest BCUT2D eigenvalue weighted by Crippen LogP contribution is -2.48. The summed E-state index contributed by atoms with van der Waals surface area (Å²) in [6.07, 6.45) is 5.01. The number of carboxylic acids is 2. The number of aromatic nitrogens is 2. The maximum Gasteiger partial charge on any atom is 0.354 e. The minimum absolute atomic E-state index is 0.0270. The van der Waals surface area contributed by atoms with E-state index in [9.17, 15) is 19.8 Å². The van der Waals surface area contributed by atoms with E-state index >= 15 is 0 Å². The van der Waals surface area contributed by atoms with Crippen molar-refractivity contribution in [3.8, 4) is 0 Å². The van der Waals surface area contributed by atoms with Gasteiger partial charge >= 0.3 is 11.9 Å². The van der Waals surface area contributed by atoms with Gasteiger partial charge in [0.1, 0.15) is 35.4 Å². The molecule has 9 nitrogen and oxygen atoms in total. The van der Waals surface area contributed by atoms with Gasteiger partial charge in [-0.05, 0) is 41.0 Å². The molecule has 2 aliphatic heterocycles. The van der Waals surface area contributed by atoms with E-state index in [4.69, 9.17) is 9.47 Å². The van der Waals surface area contributed by atoms with Crippen LogP contribution in [0.4, 0.5) is 0 Å². The van der Waals surface area contributed by atoms with Crippen molar-refractivity contribution in [3.63, 3.8) is 0 Å². The number of thioether (sulfide) groups is 1. The number of hydrogen-bond donors (Lipinski definition) is 2. The molecule has 0 fully saturated rings. The summed E-state index contributed by atoms with van der Waals surface area (Å²) in [6, 6.07) is 13.1. The Kier molecular flexibility index (Phi) is 6.23. The van der Waals surface area contributed by atoms with Gasteiger partial charge in [-0.1, -0.05) is 48.2 Å². The van der Waals surface area contributed by atoms with Gasteiger partial charge in [0.15, 0.2) is 5.71 Å². The Labute approximate surface area is 225 Å². The SMILES string of the molecule is COC1C=CC(C2=C3Sc4ccccc4C3N=C2C(=O)O)=CC1(Cc1ccc2nsnc2c1)OCC(=O)O. The number of aliphatic imine (C=N–C) groups is 1. The van der Waals surface area contributed by atoms with Gasteiger partial charge < -0.3 is 19.7 Å². The van der Waals surface area contributed by atoms with Crippen molar-refractivity contribution in [2.75, 3.05) is 13.7 Å². The molecule has 3 atom stereocenters. The van der Waals surface area contributed by atoms with Crippen molar-refractivity contribution in [1.82, 2.24) is 8.75 Å². The summed E-state index contributed by atoms with van der Waals surface area (Å²) in [5.74, 6) is -2.25. The Morgan fingerprint density at radius 1 is 1.11 bits per heavy atom. The number of benzene rings is 2. The summed E-state index contributed by atoms with van der Waals surface area (Å²) in [7, 11) is 1.53. The van der Waals surface area contributed by atoms with Crippen LogP contribution in [0.5, 0.6) is 0 Å². The predicted octanol–water partition coefficient (Wildman–Crippen LogP) is 4.23. The van der Waals surface area contributed by atoms with Crippen molar-refractivity contribution >= 4 is 52.2 Å². The van der Waals surface area contributed by atoms with E-state index in [0.717, 1.165) is 43.7 Å². The predicted molar refractivity (Wildman–Crippen MR) is 143 cm³/mol. The molecule has 1 aromatic heterocycles. The fraction of sp³-hybridized carbons (Fsp3) is 0.222. The van der Waals surface area contributed by atoms with Crippen molar-refractivity contribution in [2.45, 2.75) is 29.1 Å². The number of ether oxygens (including phenoxy) is 2. The van der Waals surface area contributed by atoms with E-state index in [2.05, 4.69) is 13.7 Å². The van der Waals surface area contributed by atoms with Gasteiger partial charge in [-0.25, -0.2) is 9.59 Å². The zero-order chi connectivity index (χ0) is 26.4. The Morgan fingerprint density at radius 2 is 1.92 bits per heavy atom. The molecule has 0 amide bonds. The van der Waals surface area contributed by atoms with Gasteiger partial charge in [0.05, 0.1) is 11.7 Å². The maximum atomic E-state index is 12.3. The monoisotopic (exact) mass is 547 g/mol. The van der Waals surface area contributed by atoms with Crippen LogP contribution >= 0.6 is 23.5 Å². The van der Waals surface area contributed by atoms with Crippen LogP contribution in [-0.4, -0.2) is 62.0 Å². The minimum atomic E-state index is -1.24. The van der Waals surface area contributed by atoms with Crippen LogP contribution in [0.3, 0.4) is 0 Å². The summed E-state index contributed by atoms with van der Waals surface area (Å²) in [5, 5.41) is 19.5. The molecule has 6 rings (SSSR count). The van der Waals surface area contributed by atoms with E-state index < -0.39 is 30.3 Å². The number of carboxylic acid groups (broad SMARTS) is 2. The van der Waals surface area contributed by atoms with Gasteiger partial charge in [0, 0.05) is 28.9 Å². The third kappa shape index (κ3) is 4.17. The van der Waals surface area contributed by atoms with Crippen molar-refractivity contribution in [3.05, 3.63) is 87.9 Å². The summed E-state index contributed by atoms with van der Waals surface area (Å²) >= 11 is 2.62. The highest BCUT2D eigenvalue weighted by atomic mass is 32.2. The minimum Gasteiger partial charge on any atom is -0.480 e. The lowest BCUT2D eigenvalue weighted by molar-refractivity contribution is -0.153. The Morgan fingerprint density at radius 3 is 2.71 bits per heavy atom. The molecule has 11 heteroatoms. The fourth-order valence-electron chi connectivity index (χ4n) is 5.14. The lowest BCUT2D eigenvalue weighted by atomic mass is 9.80. The third-order valence-electron chi connectivity index (χ3n) is 6.76. The van der Waals surface area contributed by atoms with E-state index in [0.29, 0.717) is 11.1 Å². The number of carbonyl (C=O) groups is 2. The molecule has 3 aromatic rings. The topological polar surface area (TPSA) is 131 Å². The highest BCUT2D eigenvalue weighted by Crippen LogP contribution is 2.55. The molecule has 2 N–H and O–H groups in total. The largest absolute Gasteiger partial charge is 0.480 e. The second-order valence-corrected chi connectivity index (χ2v) is 10.7. The molecule has 3 unspecified atom stereocenters. The highest BCUT2D eigenvalue weighted by molar-refractivity contribution is 8.03. The van der Waals surface area contributed by atoms with E-state index in [1.807, 2.05) is 42.5 Å². The lowest BCUT2D eigenvalue weighted by Gasteiger charge is -2.39. The Balaban J connectivity index is 1.48. The average molecular weight is 548 g/mol. The molecule has 3 heterocycles. The molecule has 192 valence electrons. The average Bonchev–Trinajstić information content (AvgIpc) is 3.61. The second kappa shape index (κ2) is 9.59. The van der Waals surface area contributed by atoms with E-state index in [1.54, 1.807) is 18.2 Å². The molecule has 2 aromatic carbocycles. The number of aliphatic carboxylic acids is 2. The van der Waals surface area contributed by atoms with Crippen LogP contribution in [0.15, 0.2) is 86.6 Å². The van der Waals surface area contributed by atoms with Crippen LogP contribution in [0.25, 0.3) is 11.0 Å². The van der Waals surface area contributed by atoms with Crippen molar-refractivity contribution in [2.24, 2.45) is 4.99 Å². The molecule has 38 heavy (non-hydrogen) atoms. The second-order valence-electron chi connectivity index (χ2n) is 9.08. The maximum absolute atomic E-state index is 12.3. The van der Waals surface area contributed by atoms with Crippen LogP contribution in [0.2, 0.25) is 0 Å². The first kappa shape index (κ1) is 24.7. The van der Waals surface area contributed by atoms with Gasteiger partial charge in [0.2, 0.25) is 0 Å². The molecule has 1 aliphatic carbocycles. The summed E-state index contributed by atoms with van der Waals surface area (Å²) in [6.45, 7) is -0.563. The number of fused-ring (bicyclic) bond motifs is 4. The van der Waals surface area contributed by atoms with Crippen LogP contribution in [-0.2, 0) is 25.5 Å². The van der Waals surface area contributed by atoms with E-state index in [-0.39, 0.29) is 18.2 Å². The molecular formula is C27H21N3O6S2. The van der Waals surface area contributed by atoms with Crippen LogP contribution < -0.4 is 0 Å². The fourth-order valence-corrected chi connectivity index (χ4v) is 6.95. The van der Waals surface area contributed by atoms with E-state index in [1.165, 1.54) is 18.9 Å². The van der Waals surface area contributed by atoms with Gasteiger partial charge in [-0.3, -0.25) is 4.99 Å². The molecule has 0 saturated carbocycles. The Bertz CT molecular complexity index is 1610. The molecule has 0 bridgehead atoms. The zero-order valence-electron chi connectivity index (χ0n) is 20.0. The number of allylic oxidation sites excluding steroid dienone is 2. The third-order valence-corrected chi connectivity index (χ3v) is 8.56. The first-order valence-corrected chi connectivity index (χ1v) is 13.3. The number of rotatable bonds is 8. The Hall–Kier alpha value is -3.64. The summed E-state index contributed by atoms with van der Waals surface area (Å²) < 4.78 is 20.4. The van der Waals surface area contributed by atoms with Crippen molar-refractivity contribution in [1.29, 1.82) is 0 Å². The van der Waals surface area contributed by atoms with Gasteiger partial charge in [-0.15, -0.1) is 0 Å².